The van der Waals surface area contributed by atoms with Gasteiger partial charge in [-0.2, -0.15) is 0 Å². The third-order valence-electron chi connectivity index (χ3n) is 4.50. The second kappa shape index (κ2) is 6.90. The Hall–Kier alpha value is -1.58. The van der Waals surface area contributed by atoms with Crippen LogP contribution < -0.4 is 10.6 Å². The van der Waals surface area contributed by atoms with Gasteiger partial charge in [-0.15, -0.1) is 0 Å². The Morgan fingerprint density at radius 2 is 1.83 bits per heavy atom. The van der Waals surface area contributed by atoms with Gasteiger partial charge in [0.05, 0.1) is 16.2 Å². The largest absolute Gasteiger partial charge is 0.353 e. The third kappa shape index (κ3) is 3.67. The number of para-hydroxylation sites is 1. The van der Waals surface area contributed by atoms with Gasteiger partial charge in [-0.25, -0.2) is 0 Å². The van der Waals surface area contributed by atoms with Crippen molar-refractivity contribution < 1.29 is 0 Å². The number of thiocarbonyl (C=S) groups is 1. The predicted molar refractivity (Wildman–Crippen MR) is 102 cm³/mol. The highest BCUT2D eigenvalue weighted by atomic mass is 35.5. The Kier molecular flexibility index (Phi) is 4.88. The Balaban J connectivity index is 1.80. The maximum atomic E-state index is 6.21. The zero-order chi connectivity index (χ0) is 16.3. The maximum absolute atomic E-state index is 6.21. The van der Waals surface area contributed by atoms with Gasteiger partial charge in [0.15, 0.2) is 5.11 Å². The minimum atomic E-state index is -0.0721. The fraction of sp³-hybridized carbons (Fsp3) is 0.316. The van der Waals surface area contributed by atoms with Crippen molar-refractivity contribution in [2.24, 2.45) is 0 Å². The summed E-state index contributed by atoms with van der Waals surface area (Å²) in [5, 5.41) is 8.11. The van der Waals surface area contributed by atoms with Crippen molar-refractivity contribution in [1.82, 2.24) is 5.32 Å². The summed E-state index contributed by atoms with van der Waals surface area (Å²) in [6.07, 6.45) is 4.63. The molecule has 3 rings (SSSR count). The molecule has 1 fully saturated rings. The van der Waals surface area contributed by atoms with Crippen LogP contribution in [0.5, 0.6) is 0 Å². The molecule has 2 N–H and O–H groups in total. The number of rotatable bonds is 3. The van der Waals surface area contributed by atoms with E-state index in [9.17, 15) is 0 Å². The average molecular weight is 345 g/mol. The van der Waals surface area contributed by atoms with E-state index in [2.05, 4.69) is 41.8 Å². The number of hydrogen-bond donors (Lipinski definition) is 2. The first-order valence-electron chi connectivity index (χ1n) is 8.00. The van der Waals surface area contributed by atoms with Crippen molar-refractivity contribution in [3.63, 3.8) is 0 Å². The molecule has 1 saturated carbocycles. The van der Waals surface area contributed by atoms with E-state index in [0.717, 1.165) is 18.5 Å². The van der Waals surface area contributed by atoms with E-state index in [1.54, 1.807) is 0 Å². The van der Waals surface area contributed by atoms with E-state index < -0.39 is 0 Å². The predicted octanol–water partition coefficient (Wildman–Crippen LogP) is 5.40. The van der Waals surface area contributed by atoms with Crippen LogP contribution in [0.2, 0.25) is 5.02 Å². The summed E-state index contributed by atoms with van der Waals surface area (Å²) >= 11 is 11.8. The molecule has 0 atom stereocenters. The lowest BCUT2D eigenvalue weighted by atomic mass is 9.87. The highest BCUT2D eigenvalue weighted by Crippen LogP contribution is 2.39. The molecule has 1 aliphatic rings. The molecular weight excluding hydrogens is 324 g/mol. The molecule has 2 aromatic rings. The summed E-state index contributed by atoms with van der Waals surface area (Å²) in [4.78, 5) is 0. The lowest BCUT2D eigenvalue weighted by molar-refractivity contribution is 0.408. The molecule has 0 aliphatic heterocycles. The number of aryl methyl sites for hydroxylation is 1. The summed E-state index contributed by atoms with van der Waals surface area (Å²) in [7, 11) is 0. The smallest absolute Gasteiger partial charge is 0.171 e. The minimum absolute atomic E-state index is 0.0721. The summed E-state index contributed by atoms with van der Waals surface area (Å²) in [5.41, 5.74) is 3.36. The number of anilines is 1. The SMILES string of the molecule is Cc1cccc(C2(NC(=S)Nc3ccccc3Cl)CCCC2)c1. The van der Waals surface area contributed by atoms with Gasteiger partial charge in [0.25, 0.3) is 0 Å². The van der Waals surface area contributed by atoms with Gasteiger partial charge >= 0.3 is 0 Å². The normalized spacial score (nSPS) is 16.1. The van der Waals surface area contributed by atoms with E-state index in [-0.39, 0.29) is 5.54 Å². The average Bonchev–Trinajstić information content (AvgIpc) is 2.99. The van der Waals surface area contributed by atoms with Crippen molar-refractivity contribution in [1.29, 1.82) is 0 Å². The quantitative estimate of drug-likeness (QED) is 0.728. The van der Waals surface area contributed by atoms with Crippen molar-refractivity contribution in [2.75, 3.05) is 5.32 Å². The van der Waals surface area contributed by atoms with Crippen LogP contribution in [0, 0.1) is 6.92 Å². The van der Waals surface area contributed by atoms with Crippen LogP contribution in [0.3, 0.4) is 0 Å². The van der Waals surface area contributed by atoms with Crippen LogP contribution in [-0.4, -0.2) is 5.11 Å². The van der Waals surface area contributed by atoms with E-state index in [4.69, 9.17) is 23.8 Å². The van der Waals surface area contributed by atoms with Crippen LogP contribution in [0.15, 0.2) is 48.5 Å². The maximum Gasteiger partial charge on any atom is 0.171 e. The van der Waals surface area contributed by atoms with Gasteiger partial charge in [0.1, 0.15) is 0 Å². The summed E-state index contributed by atoms with van der Waals surface area (Å²) in [6, 6.07) is 16.4. The van der Waals surface area contributed by atoms with Gasteiger partial charge < -0.3 is 10.6 Å². The molecule has 0 radical (unpaired) electrons. The van der Waals surface area contributed by atoms with Crippen LogP contribution in [-0.2, 0) is 5.54 Å². The van der Waals surface area contributed by atoms with E-state index in [1.165, 1.54) is 24.0 Å². The number of hydrogen-bond acceptors (Lipinski definition) is 1. The lowest BCUT2D eigenvalue weighted by Gasteiger charge is -2.33. The standard InChI is InChI=1S/C19H21ClN2S/c1-14-7-6-8-15(13-14)19(11-4-5-12-19)22-18(23)21-17-10-3-2-9-16(17)20/h2-3,6-10,13H,4-5,11-12H2,1H3,(H2,21,22,23). The van der Waals surface area contributed by atoms with Crippen LogP contribution >= 0.6 is 23.8 Å². The number of halogens is 1. The van der Waals surface area contributed by atoms with Gasteiger partial charge in [-0.1, -0.05) is 66.4 Å². The van der Waals surface area contributed by atoms with Crippen molar-refractivity contribution in [3.8, 4) is 0 Å². The minimum Gasteiger partial charge on any atom is -0.353 e. The molecule has 23 heavy (non-hydrogen) atoms. The zero-order valence-electron chi connectivity index (χ0n) is 13.2. The van der Waals surface area contributed by atoms with Gasteiger partial charge in [-0.3, -0.25) is 0 Å². The first-order chi connectivity index (χ1) is 11.1. The molecule has 4 heteroatoms. The molecule has 0 aromatic heterocycles. The van der Waals surface area contributed by atoms with Crippen molar-refractivity contribution >= 4 is 34.6 Å². The molecular formula is C19H21ClN2S. The number of benzene rings is 2. The molecule has 120 valence electrons. The molecule has 0 unspecified atom stereocenters. The molecule has 1 aliphatic carbocycles. The summed E-state index contributed by atoms with van der Waals surface area (Å²) < 4.78 is 0. The first-order valence-corrected chi connectivity index (χ1v) is 8.79. The van der Waals surface area contributed by atoms with Gasteiger partial charge in [0, 0.05) is 0 Å². The van der Waals surface area contributed by atoms with Crippen molar-refractivity contribution in [2.45, 2.75) is 38.1 Å². The molecule has 0 bridgehead atoms. The molecule has 0 amide bonds. The Bertz CT molecular complexity index is 708. The van der Waals surface area contributed by atoms with Crippen LogP contribution in [0.1, 0.15) is 36.8 Å². The van der Waals surface area contributed by atoms with Gasteiger partial charge in [-0.05, 0) is 49.7 Å². The Morgan fingerprint density at radius 1 is 1.09 bits per heavy atom. The van der Waals surface area contributed by atoms with E-state index in [1.807, 2.05) is 24.3 Å². The second-order valence-corrected chi connectivity index (χ2v) is 7.03. The molecule has 0 saturated heterocycles. The summed E-state index contributed by atoms with van der Waals surface area (Å²) in [5.74, 6) is 0. The van der Waals surface area contributed by atoms with E-state index >= 15 is 0 Å². The molecule has 2 aromatic carbocycles. The molecule has 0 spiro atoms. The van der Waals surface area contributed by atoms with Gasteiger partial charge in [0.2, 0.25) is 0 Å². The fourth-order valence-corrected chi connectivity index (χ4v) is 3.83. The molecule has 2 nitrogen and oxygen atoms in total. The van der Waals surface area contributed by atoms with Crippen LogP contribution in [0.4, 0.5) is 5.69 Å². The fourth-order valence-electron chi connectivity index (χ4n) is 3.34. The highest BCUT2D eigenvalue weighted by Gasteiger charge is 2.36. The lowest BCUT2D eigenvalue weighted by Crippen LogP contribution is -2.45. The molecule has 0 heterocycles. The monoisotopic (exact) mass is 344 g/mol. The van der Waals surface area contributed by atoms with E-state index in [0.29, 0.717) is 10.1 Å². The second-order valence-electron chi connectivity index (χ2n) is 6.22. The third-order valence-corrected chi connectivity index (χ3v) is 5.04. The zero-order valence-corrected chi connectivity index (χ0v) is 14.8. The Labute approximate surface area is 148 Å². The Morgan fingerprint density at radius 3 is 2.52 bits per heavy atom. The number of nitrogens with one attached hydrogen (secondary N) is 2. The topological polar surface area (TPSA) is 24.1 Å². The van der Waals surface area contributed by atoms with Crippen molar-refractivity contribution in [3.05, 3.63) is 64.7 Å². The van der Waals surface area contributed by atoms with Crippen LogP contribution in [0.25, 0.3) is 0 Å². The summed E-state index contributed by atoms with van der Waals surface area (Å²) in [6.45, 7) is 2.13. The first kappa shape index (κ1) is 16.3. The highest BCUT2D eigenvalue weighted by molar-refractivity contribution is 7.80.